The Morgan fingerprint density at radius 1 is 0.800 bits per heavy atom. The molecule has 3 nitrogen and oxygen atoms in total. The smallest absolute Gasteiger partial charge is 0.119 e. The van der Waals surface area contributed by atoms with Gasteiger partial charge in [0.05, 0.1) is 12.6 Å². The maximum atomic E-state index is 5.82. The van der Waals surface area contributed by atoms with E-state index < -0.39 is 0 Å². The minimum absolute atomic E-state index is 0.196. The molecule has 1 atom stereocenters. The molecule has 0 aromatic heterocycles. The average Bonchev–Trinajstić information content (AvgIpc) is 2.75. The number of nitrogens with two attached hydrogens (primary N) is 1. The van der Waals surface area contributed by atoms with Crippen molar-refractivity contribution in [2.75, 3.05) is 25.5 Å². The van der Waals surface area contributed by atoms with E-state index in [0.29, 0.717) is 5.92 Å². The van der Waals surface area contributed by atoms with Crippen LogP contribution in [0.1, 0.15) is 42.9 Å². The number of benzene rings is 3. The molecular weight excluding hydrogens is 368 g/mol. The number of anilines is 1. The lowest BCUT2D eigenvalue weighted by Crippen LogP contribution is -2.82. The van der Waals surface area contributed by atoms with E-state index >= 15 is 0 Å². The minimum Gasteiger partial charge on any atom is -0.491 e. The molecule has 158 valence electrons. The molecule has 30 heavy (non-hydrogen) atoms. The van der Waals surface area contributed by atoms with E-state index in [1.165, 1.54) is 22.4 Å². The van der Waals surface area contributed by atoms with Crippen LogP contribution in [0.5, 0.6) is 5.75 Å². The molecule has 0 fully saturated rings. The highest BCUT2D eigenvalue weighted by molar-refractivity contribution is 5.45. The largest absolute Gasteiger partial charge is 0.491 e. The van der Waals surface area contributed by atoms with Crippen LogP contribution in [-0.2, 0) is 6.54 Å². The van der Waals surface area contributed by atoms with E-state index in [-0.39, 0.29) is 6.10 Å². The predicted molar refractivity (Wildman–Crippen MR) is 126 cm³/mol. The number of hydrogen-bond donors (Lipinski definition) is 1. The quantitative estimate of drug-likeness (QED) is 0.492. The second-order valence-corrected chi connectivity index (χ2v) is 8.33. The highest BCUT2D eigenvalue weighted by Crippen LogP contribution is 2.29. The first kappa shape index (κ1) is 21.9. The molecule has 3 rings (SSSR count). The molecule has 0 unspecified atom stereocenters. The molecule has 2 N–H and O–H groups in total. The Labute approximate surface area is 181 Å². The molecule has 0 saturated carbocycles. The Morgan fingerprint density at radius 3 is 2.03 bits per heavy atom. The van der Waals surface area contributed by atoms with Gasteiger partial charge >= 0.3 is 0 Å². The minimum atomic E-state index is 0.196. The number of ether oxygens (including phenoxy) is 1. The van der Waals surface area contributed by atoms with Crippen LogP contribution in [0.25, 0.3) is 0 Å². The maximum absolute atomic E-state index is 5.82. The van der Waals surface area contributed by atoms with Crippen LogP contribution in [0.3, 0.4) is 0 Å². The first-order valence-corrected chi connectivity index (χ1v) is 10.9. The van der Waals surface area contributed by atoms with Gasteiger partial charge in [-0.3, -0.25) is 0 Å². The van der Waals surface area contributed by atoms with Gasteiger partial charge < -0.3 is 15.0 Å². The molecule has 0 spiro atoms. The zero-order valence-corrected chi connectivity index (χ0v) is 18.7. The molecule has 0 aliphatic carbocycles. The molecule has 0 heterocycles. The summed E-state index contributed by atoms with van der Waals surface area (Å²) in [5, 5.41) is 2.41. The average molecular weight is 404 g/mol. The number of quaternary nitrogens is 1. The third-order valence-corrected chi connectivity index (χ3v) is 5.35. The molecule has 0 saturated heterocycles. The highest BCUT2D eigenvalue weighted by atomic mass is 16.5. The van der Waals surface area contributed by atoms with Gasteiger partial charge in [-0.05, 0) is 49.2 Å². The second-order valence-electron chi connectivity index (χ2n) is 8.33. The molecule has 0 bridgehead atoms. The van der Waals surface area contributed by atoms with Crippen molar-refractivity contribution < 1.29 is 10.1 Å². The van der Waals surface area contributed by atoms with Crippen LogP contribution in [0.4, 0.5) is 5.69 Å². The van der Waals surface area contributed by atoms with E-state index in [9.17, 15) is 0 Å². The molecule has 0 amide bonds. The lowest BCUT2D eigenvalue weighted by Gasteiger charge is -2.18. The summed E-state index contributed by atoms with van der Waals surface area (Å²) in [5.74, 6) is 1.33. The van der Waals surface area contributed by atoms with Crippen molar-refractivity contribution in [1.82, 2.24) is 0 Å². The van der Waals surface area contributed by atoms with Gasteiger partial charge in [-0.1, -0.05) is 54.6 Å². The van der Waals surface area contributed by atoms with Gasteiger partial charge in [0.15, 0.2) is 0 Å². The zero-order valence-electron chi connectivity index (χ0n) is 18.7. The summed E-state index contributed by atoms with van der Waals surface area (Å²) in [7, 11) is 4.15. The molecule has 0 radical (unpaired) electrons. The fourth-order valence-electron chi connectivity index (χ4n) is 3.75. The Bertz CT molecular complexity index is 871. The zero-order chi connectivity index (χ0) is 21.3. The molecule has 3 aromatic carbocycles. The SMILES string of the molecule is CC(C)Oc1ccc([C@@H](CC[NH2+]Cc2ccc(N(C)C)cc2)c2ccccc2)cc1. The van der Waals surface area contributed by atoms with Crippen LogP contribution < -0.4 is 15.0 Å². The summed E-state index contributed by atoms with van der Waals surface area (Å²) in [5.41, 5.74) is 5.33. The lowest BCUT2D eigenvalue weighted by atomic mass is 9.88. The van der Waals surface area contributed by atoms with Crippen LogP contribution in [0, 0.1) is 0 Å². The van der Waals surface area contributed by atoms with Gasteiger partial charge in [0.2, 0.25) is 0 Å². The van der Waals surface area contributed by atoms with Crippen molar-refractivity contribution in [2.24, 2.45) is 0 Å². The van der Waals surface area contributed by atoms with Gasteiger partial charge in [0.25, 0.3) is 0 Å². The van der Waals surface area contributed by atoms with Crippen molar-refractivity contribution in [3.8, 4) is 5.75 Å². The standard InChI is InChI=1S/C27H34N2O/c1-21(2)30-26-16-12-24(13-17-26)27(23-8-6-5-7-9-23)18-19-28-20-22-10-14-25(15-11-22)29(3)4/h5-17,21,27-28H,18-20H2,1-4H3/p+1/t27-/m0/s1. The first-order chi connectivity index (χ1) is 14.5. The van der Waals surface area contributed by atoms with Gasteiger partial charge in [0.1, 0.15) is 12.3 Å². The number of hydrogen-bond acceptors (Lipinski definition) is 2. The highest BCUT2D eigenvalue weighted by Gasteiger charge is 2.15. The van der Waals surface area contributed by atoms with Crippen LogP contribution >= 0.6 is 0 Å². The Kier molecular flexibility index (Phi) is 7.92. The number of rotatable bonds is 10. The van der Waals surface area contributed by atoms with Crippen molar-refractivity contribution in [1.29, 1.82) is 0 Å². The third kappa shape index (κ3) is 6.36. The van der Waals surface area contributed by atoms with Crippen molar-refractivity contribution in [3.05, 3.63) is 95.6 Å². The van der Waals surface area contributed by atoms with E-state index in [2.05, 4.69) is 117 Å². The van der Waals surface area contributed by atoms with Crippen LogP contribution in [0.2, 0.25) is 0 Å². The Hall–Kier alpha value is -2.78. The summed E-state index contributed by atoms with van der Waals surface area (Å²) in [4.78, 5) is 2.13. The summed E-state index contributed by atoms with van der Waals surface area (Å²) in [6.07, 6.45) is 1.30. The van der Waals surface area contributed by atoms with Crippen LogP contribution in [0.15, 0.2) is 78.9 Å². The third-order valence-electron chi connectivity index (χ3n) is 5.35. The molecule has 0 aliphatic rings. The van der Waals surface area contributed by atoms with Crippen molar-refractivity contribution >= 4 is 5.69 Å². The van der Waals surface area contributed by atoms with Crippen molar-refractivity contribution in [2.45, 2.75) is 38.8 Å². The molecule has 3 aromatic rings. The van der Waals surface area contributed by atoms with Crippen molar-refractivity contribution in [3.63, 3.8) is 0 Å². The van der Waals surface area contributed by atoms with Crippen LogP contribution in [-0.4, -0.2) is 26.7 Å². The monoisotopic (exact) mass is 403 g/mol. The summed E-state index contributed by atoms with van der Waals surface area (Å²) in [6.45, 7) is 6.21. The fourth-order valence-corrected chi connectivity index (χ4v) is 3.75. The topological polar surface area (TPSA) is 29.1 Å². The van der Waals surface area contributed by atoms with Gasteiger partial charge in [-0.15, -0.1) is 0 Å². The number of nitrogens with zero attached hydrogens (tertiary/aromatic N) is 1. The fraction of sp³-hybridized carbons (Fsp3) is 0.333. The molecule has 0 aliphatic heterocycles. The second kappa shape index (κ2) is 10.8. The lowest BCUT2D eigenvalue weighted by molar-refractivity contribution is -0.671. The molecular formula is C27H35N2O+. The van der Waals surface area contributed by atoms with E-state index in [4.69, 9.17) is 4.74 Å². The van der Waals surface area contributed by atoms with E-state index in [1.807, 2.05) is 0 Å². The summed E-state index contributed by atoms with van der Waals surface area (Å²) in [6, 6.07) is 28.3. The Balaban J connectivity index is 1.62. The first-order valence-electron chi connectivity index (χ1n) is 10.9. The van der Waals surface area contributed by atoms with Gasteiger partial charge in [0, 0.05) is 37.7 Å². The predicted octanol–water partition coefficient (Wildman–Crippen LogP) is 4.83. The summed E-state index contributed by atoms with van der Waals surface area (Å²) < 4.78 is 5.82. The van der Waals surface area contributed by atoms with Gasteiger partial charge in [-0.2, -0.15) is 0 Å². The molecule has 3 heteroatoms. The normalized spacial score (nSPS) is 12.0. The van der Waals surface area contributed by atoms with E-state index in [1.54, 1.807) is 0 Å². The Morgan fingerprint density at radius 2 is 1.43 bits per heavy atom. The maximum Gasteiger partial charge on any atom is 0.119 e. The van der Waals surface area contributed by atoms with E-state index in [0.717, 1.165) is 25.3 Å². The summed E-state index contributed by atoms with van der Waals surface area (Å²) >= 11 is 0. The van der Waals surface area contributed by atoms with Gasteiger partial charge in [-0.25, -0.2) is 0 Å².